The molecule has 28 heavy (non-hydrogen) atoms. The summed E-state index contributed by atoms with van der Waals surface area (Å²) in [6.45, 7) is 1.99. The molecule has 3 aromatic rings. The fourth-order valence-electron chi connectivity index (χ4n) is 2.95. The Kier molecular flexibility index (Phi) is 6.21. The van der Waals surface area contributed by atoms with Crippen LogP contribution in [0.15, 0.2) is 48.9 Å². The lowest BCUT2D eigenvalue weighted by atomic mass is 10.1. The van der Waals surface area contributed by atoms with Crippen LogP contribution in [-0.4, -0.2) is 33.4 Å². The Morgan fingerprint density at radius 1 is 1.21 bits per heavy atom. The fourth-order valence-corrected chi connectivity index (χ4v) is 2.95. The lowest BCUT2D eigenvalue weighted by molar-refractivity contribution is -0.120. The molecule has 146 valence electrons. The van der Waals surface area contributed by atoms with Crippen LogP contribution in [0.2, 0.25) is 0 Å². The Bertz CT molecular complexity index is 935. The van der Waals surface area contributed by atoms with Crippen molar-refractivity contribution >= 4 is 23.4 Å². The number of hydrogen-bond donors (Lipinski definition) is 3. The van der Waals surface area contributed by atoms with E-state index in [1.54, 1.807) is 13.2 Å². The number of hydrogen-bond acceptors (Lipinski definition) is 4. The van der Waals surface area contributed by atoms with Crippen molar-refractivity contribution < 1.29 is 9.59 Å². The van der Waals surface area contributed by atoms with Crippen LogP contribution in [0.1, 0.15) is 37.1 Å². The molecule has 0 saturated heterocycles. The van der Waals surface area contributed by atoms with E-state index in [0.29, 0.717) is 30.7 Å². The normalized spacial score (nSPS) is 11.8. The lowest BCUT2D eigenvalue weighted by Gasteiger charge is -2.17. The van der Waals surface area contributed by atoms with E-state index >= 15 is 0 Å². The van der Waals surface area contributed by atoms with Crippen LogP contribution >= 0.6 is 0 Å². The molecule has 0 fully saturated rings. The van der Waals surface area contributed by atoms with Crippen molar-refractivity contribution in [1.82, 2.24) is 25.0 Å². The summed E-state index contributed by atoms with van der Waals surface area (Å²) in [6, 6.07) is 8.75. The molecule has 0 bridgehead atoms. The molecule has 2 aromatic heterocycles. The Hall–Kier alpha value is -3.42. The van der Waals surface area contributed by atoms with Crippen molar-refractivity contribution in [3.05, 3.63) is 60.2 Å². The molecule has 2 heterocycles. The highest BCUT2D eigenvalue weighted by Gasteiger charge is 2.17. The zero-order chi connectivity index (χ0) is 19.9. The summed E-state index contributed by atoms with van der Waals surface area (Å²) in [6.07, 6.45) is 7.02. The molecule has 3 N–H and O–H groups in total. The van der Waals surface area contributed by atoms with Gasteiger partial charge in [0, 0.05) is 37.7 Å². The van der Waals surface area contributed by atoms with Crippen molar-refractivity contribution in [3.8, 4) is 0 Å². The third-order valence-corrected chi connectivity index (χ3v) is 4.49. The Balaban J connectivity index is 1.68. The van der Waals surface area contributed by atoms with E-state index in [4.69, 9.17) is 0 Å². The summed E-state index contributed by atoms with van der Waals surface area (Å²) in [5.41, 5.74) is 2.35. The maximum absolute atomic E-state index is 12.6. The summed E-state index contributed by atoms with van der Waals surface area (Å²) in [4.78, 5) is 32.8. The number of carbonyl (C=O) groups excluding carboxylic acids is 2. The molecule has 3 rings (SSSR count). The van der Waals surface area contributed by atoms with Gasteiger partial charge >= 0.3 is 6.03 Å². The minimum atomic E-state index is -0.316. The van der Waals surface area contributed by atoms with Gasteiger partial charge in [-0.2, -0.15) is 0 Å². The number of carbonyl (C=O) groups is 2. The number of benzene rings is 1. The number of urea groups is 1. The molecule has 0 aliphatic rings. The zero-order valence-corrected chi connectivity index (χ0v) is 16.0. The predicted octanol–water partition coefficient (Wildman–Crippen LogP) is 2.68. The van der Waals surface area contributed by atoms with Crippen LogP contribution in [0.5, 0.6) is 0 Å². The average molecular weight is 380 g/mol. The first-order valence-electron chi connectivity index (χ1n) is 9.26. The second kappa shape index (κ2) is 8.98. The molecule has 0 saturated carbocycles. The molecule has 0 aliphatic heterocycles. The van der Waals surface area contributed by atoms with E-state index in [9.17, 15) is 9.59 Å². The highest BCUT2D eigenvalue weighted by atomic mass is 16.2. The third kappa shape index (κ3) is 4.64. The predicted molar refractivity (Wildman–Crippen MR) is 107 cm³/mol. The number of imidazole rings is 1. The van der Waals surface area contributed by atoms with Gasteiger partial charge in [0.25, 0.3) is 0 Å². The van der Waals surface area contributed by atoms with Crippen LogP contribution in [0.3, 0.4) is 0 Å². The van der Waals surface area contributed by atoms with E-state index in [1.165, 1.54) is 0 Å². The molecular formula is C20H24N6O2. The minimum Gasteiger partial charge on any atom is -0.359 e. The highest BCUT2D eigenvalue weighted by Crippen LogP contribution is 2.19. The molecule has 1 atom stereocenters. The van der Waals surface area contributed by atoms with Crippen LogP contribution in [0.4, 0.5) is 10.5 Å². The second-order valence-corrected chi connectivity index (χ2v) is 6.38. The van der Waals surface area contributed by atoms with E-state index in [1.807, 2.05) is 54.0 Å². The Labute approximate surface area is 163 Å². The highest BCUT2D eigenvalue weighted by molar-refractivity contribution is 5.90. The number of amides is 3. The number of nitrogens with one attached hydrogen (secondary N) is 3. The maximum atomic E-state index is 12.6. The minimum absolute atomic E-state index is 0.0363. The Morgan fingerprint density at radius 2 is 2.04 bits per heavy atom. The number of anilines is 1. The first kappa shape index (κ1) is 19.3. The van der Waals surface area contributed by atoms with Gasteiger partial charge in [-0.25, -0.2) is 14.8 Å². The quantitative estimate of drug-likeness (QED) is 0.587. The van der Waals surface area contributed by atoms with Crippen molar-refractivity contribution in [2.75, 3.05) is 12.4 Å². The summed E-state index contributed by atoms with van der Waals surface area (Å²) in [5, 5.41) is 8.46. The van der Waals surface area contributed by atoms with Gasteiger partial charge in [-0.3, -0.25) is 9.20 Å². The van der Waals surface area contributed by atoms with Crippen LogP contribution in [-0.2, 0) is 11.2 Å². The smallest absolute Gasteiger partial charge is 0.319 e. The van der Waals surface area contributed by atoms with Crippen molar-refractivity contribution in [3.63, 3.8) is 0 Å². The maximum Gasteiger partial charge on any atom is 0.319 e. The van der Waals surface area contributed by atoms with Gasteiger partial charge in [0.2, 0.25) is 11.7 Å². The lowest BCUT2D eigenvalue weighted by Crippen LogP contribution is -2.32. The molecule has 3 amide bonds. The van der Waals surface area contributed by atoms with Gasteiger partial charge in [-0.15, -0.1) is 0 Å². The SMILES string of the molecule is CCC(NC(=O)Nc1ccccc1CCC(=O)NC)c1cn2cccnc2n1. The summed E-state index contributed by atoms with van der Waals surface area (Å²) < 4.78 is 1.83. The average Bonchev–Trinajstić information content (AvgIpc) is 3.15. The first-order valence-corrected chi connectivity index (χ1v) is 9.26. The summed E-state index contributed by atoms with van der Waals surface area (Å²) in [5.74, 6) is 0.559. The number of para-hydroxylation sites is 1. The molecule has 1 aromatic carbocycles. The standard InChI is InChI=1S/C20H24N6O2/c1-3-15(17-13-26-12-6-11-22-19(26)23-17)24-20(28)25-16-8-5-4-7-14(16)9-10-18(27)21-2/h4-8,11-13,15H,3,9-10H2,1-2H3,(H,21,27)(H2,24,25,28). The van der Waals surface area contributed by atoms with Crippen molar-refractivity contribution in [1.29, 1.82) is 0 Å². The number of nitrogens with zero attached hydrogens (tertiary/aromatic N) is 3. The van der Waals surface area contributed by atoms with Crippen LogP contribution < -0.4 is 16.0 Å². The van der Waals surface area contributed by atoms with E-state index < -0.39 is 0 Å². The third-order valence-electron chi connectivity index (χ3n) is 4.49. The van der Waals surface area contributed by atoms with Gasteiger partial charge in [-0.05, 0) is 30.5 Å². The molecular weight excluding hydrogens is 356 g/mol. The topological polar surface area (TPSA) is 100 Å². The van der Waals surface area contributed by atoms with Crippen LogP contribution in [0, 0.1) is 0 Å². The molecule has 8 heteroatoms. The first-order chi connectivity index (χ1) is 13.6. The van der Waals surface area contributed by atoms with Crippen molar-refractivity contribution in [2.24, 2.45) is 0 Å². The number of fused-ring (bicyclic) bond motifs is 1. The molecule has 8 nitrogen and oxygen atoms in total. The van der Waals surface area contributed by atoms with Crippen molar-refractivity contribution in [2.45, 2.75) is 32.2 Å². The van der Waals surface area contributed by atoms with E-state index in [0.717, 1.165) is 11.3 Å². The molecule has 0 aliphatic carbocycles. The zero-order valence-electron chi connectivity index (χ0n) is 16.0. The van der Waals surface area contributed by atoms with Crippen LogP contribution in [0.25, 0.3) is 5.78 Å². The Morgan fingerprint density at radius 3 is 2.79 bits per heavy atom. The van der Waals surface area contributed by atoms with E-state index in [2.05, 4.69) is 25.9 Å². The largest absolute Gasteiger partial charge is 0.359 e. The molecule has 0 spiro atoms. The van der Waals surface area contributed by atoms with Gasteiger partial charge < -0.3 is 16.0 Å². The molecule has 1 unspecified atom stereocenters. The number of aryl methyl sites for hydroxylation is 1. The molecule has 0 radical (unpaired) electrons. The summed E-state index contributed by atoms with van der Waals surface area (Å²) >= 11 is 0. The van der Waals surface area contributed by atoms with Gasteiger partial charge in [0.1, 0.15) is 0 Å². The van der Waals surface area contributed by atoms with Gasteiger partial charge in [-0.1, -0.05) is 25.1 Å². The number of rotatable bonds is 7. The van der Waals surface area contributed by atoms with E-state index in [-0.39, 0.29) is 18.0 Å². The van der Waals surface area contributed by atoms with Gasteiger partial charge in [0.05, 0.1) is 11.7 Å². The second-order valence-electron chi connectivity index (χ2n) is 6.38. The monoisotopic (exact) mass is 380 g/mol. The fraction of sp³-hybridized carbons (Fsp3) is 0.300. The van der Waals surface area contributed by atoms with Gasteiger partial charge in [0.15, 0.2) is 0 Å². The number of aromatic nitrogens is 3. The summed E-state index contributed by atoms with van der Waals surface area (Å²) in [7, 11) is 1.61.